The third-order valence-electron chi connectivity index (χ3n) is 2.65. The Morgan fingerprint density at radius 2 is 2.00 bits per heavy atom. The van der Waals surface area contributed by atoms with Crippen molar-refractivity contribution >= 4 is 24.4 Å². The van der Waals surface area contributed by atoms with Gasteiger partial charge in [-0.25, -0.2) is 4.39 Å². The van der Waals surface area contributed by atoms with Gasteiger partial charge >= 0.3 is 0 Å². The summed E-state index contributed by atoms with van der Waals surface area (Å²) in [6.07, 6.45) is 4.84. The Labute approximate surface area is 126 Å². The van der Waals surface area contributed by atoms with Crippen LogP contribution in [0.25, 0.3) is 6.08 Å². The maximum Gasteiger partial charge on any atom is 0.244 e. The maximum absolute atomic E-state index is 13.3. The van der Waals surface area contributed by atoms with Crippen LogP contribution in [0.15, 0.2) is 30.3 Å². The van der Waals surface area contributed by atoms with Gasteiger partial charge in [0.05, 0.1) is 0 Å². The van der Waals surface area contributed by atoms with Crippen molar-refractivity contribution in [1.29, 1.82) is 0 Å². The van der Waals surface area contributed by atoms with Crippen molar-refractivity contribution in [3.63, 3.8) is 0 Å². The predicted octanol–water partition coefficient (Wildman–Crippen LogP) is 2.72. The van der Waals surface area contributed by atoms with Crippen LogP contribution in [0.2, 0.25) is 0 Å². The molecule has 0 bridgehead atoms. The second-order valence-electron chi connectivity index (χ2n) is 4.66. The van der Waals surface area contributed by atoms with Crippen molar-refractivity contribution in [3.05, 3.63) is 41.7 Å². The van der Waals surface area contributed by atoms with Crippen molar-refractivity contribution in [1.82, 2.24) is 10.2 Å². The van der Waals surface area contributed by atoms with Gasteiger partial charge in [0.25, 0.3) is 0 Å². The van der Waals surface area contributed by atoms with Gasteiger partial charge in [0.15, 0.2) is 0 Å². The number of nitrogens with zero attached hydrogens (tertiary/aromatic N) is 1. The molecule has 1 N–H and O–H groups in total. The van der Waals surface area contributed by atoms with E-state index in [2.05, 4.69) is 10.2 Å². The highest BCUT2D eigenvalue weighted by molar-refractivity contribution is 5.91. The lowest BCUT2D eigenvalue weighted by molar-refractivity contribution is -0.116. The molecule has 1 aromatic carbocycles. The van der Waals surface area contributed by atoms with E-state index in [9.17, 15) is 9.18 Å². The van der Waals surface area contributed by atoms with Gasteiger partial charge in [-0.1, -0.05) is 18.2 Å². The number of benzene rings is 1. The van der Waals surface area contributed by atoms with E-state index >= 15 is 0 Å². The van der Waals surface area contributed by atoms with Gasteiger partial charge in [-0.3, -0.25) is 4.79 Å². The molecule has 3 nitrogen and oxygen atoms in total. The molecule has 0 spiro atoms. The molecule has 1 amide bonds. The Hall–Kier alpha value is -1.39. The minimum absolute atomic E-state index is 0. The number of unbranched alkanes of at least 4 members (excludes halogenated alkanes) is 1. The Morgan fingerprint density at radius 3 is 2.65 bits per heavy atom. The van der Waals surface area contributed by atoms with E-state index in [-0.39, 0.29) is 24.1 Å². The zero-order chi connectivity index (χ0) is 14.1. The van der Waals surface area contributed by atoms with Crippen LogP contribution < -0.4 is 5.32 Å². The molecule has 0 aromatic heterocycles. The summed E-state index contributed by atoms with van der Waals surface area (Å²) >= 11 is 0. The molecular formula is C15H22ClFN2O. The van der Waals surface area contributed by atoms with Crippen molar-refractivity contribution in [2.24, 2.45) is 0 Å². The standard InChI is InChI=1S/C15H21FN2O.ClH/c1-18(2)12-6-5-11-17-15(19)10-9-13-7-3-4-8-14(13)16;/h3-4,7-10H,5-6,11-12H2,1-2H3,(H,17,19);1H. The first-order valence-corrected chi connectivity index (χ1v) is 6.45. The molecule has 20 heavy (non-hydrogen) atoms. The molecule has 0 aliphatic heterocycles. The first-order valence-electron chi connectivity index (χ1n) is 6.45. The van der Waals surface area contributed by atoms with Crippen molar-refractivity contribution in [3.8, 4) is 0 Å². The fourth-order valence-electron chi connectivity index (χ4n) is 1.60. The van der Waals surface area contributed by atoms with E-state index in [0.29, 0.717) is 12.1 Å². The summed E-state index contributed by atoms with van der Waals surface area (Å²) in [7, 11) is 4.05. The molecule has 5 heteroatoms. The molecule has 1 rings (SSSR count). The number of amides is 1. The minimum atomic E-state index is -0.322. The van der Waals surface area contributed by atoms with Crippen LogP contribution in [-0.2, 0) is 4.79 Å². The van der Waals surface area contributed by atoms with E-state index in [1.165, 1.54) is 18.2 Å². The molecule has 0 unspecified atom stereocenters. The van der Waals surface area contributed by atoms with Gasteiger partial charge in [0, 0.05) is 18.2 Å². The molecule has 0 fully saturated rings. The van der Waals surface area contributed by atoms with Crippen LogP contribution in [0.5, 0.6) is 0 Å². The third kappa shape index (κ3) is 7.92. The van der Waals surface area contributed by atoms with Crippen LogP contribution in [0, 0.1) is 5.82 Å². The summed E-state index contributed by atoms with van der Waals surface area (Å²) in [6, 6.07) is 6.37. The van der Waals surface area contributed by atoms with E-state index < -0.39 is 0 Å². The van der Waals surface area contributed by atoms with Crippen LogP contribution in [0.4, 0.5) is 4.39 Å². The van der Waals surface area contributed by atoms with Gasteiger partial charge in [-0.2, -0.15) is 0 Å². The van der Waals surface area contributed by atoms with Gasteiger partial charge in [0.2, 0.25) is 5.91 Å². The Bertz CT molecular complexity index is 436. The molecular weight excluding hydrogens is 279 g/mol. The molecule has 0 saturated heterocycles. The third-order valence-corrected chi connectivity index (χ3v) is 2.65. The van der Waals surface area contributed by atoms with Crippen molar-refractivity contribution < 1.29 is 9.18 Å². The molecule has 0 heterocycles. The van der Waals surface area contributed by atoms with Crippen LogP contribution in [0.1, 0.15) is 18.4 Å². The maximum atomic E-state index is 13.3. The summed E-state index contributed by atoms with van der Waals surface area (Å²) in [4.78, 5) is 13.6. The topological polar surface area (TPSA) is 32.3 Å². The predicted molar refractivity (Wildman–Crippen MR) is 83.5 cm³/mol. The number of carbonyl (C=O) groups excluding carboxylic acids is 1. The monoisotopic (exact) mass is 300 g/mol. The second kappa shape index (κ2) is 10.4. The van der Waals surface area contributed by atoms with Gasteiger partial charge in [-0.15, -0.1) is 12.4 Å². The van der Waals surface area contributed by atoms with Crippen LogP contribution >= 0.6 is 12.4 Å². The number of hydrogen-bond acceptors (Lipinski definition) is 2. The van der Waals surface area contributed by atoms with Crippen LogP contribution in [0.3, 0.4) is 0 Å². The highest BCUT2D eigenvalue weighted by Crippen LogP contribution is 2.07. The molecule has 1 aromatic rings. The fraction of sp³-hybridized carbons (Fsp3) is 0.400. The molecule has 0 atom stereocenters. The Morgan fingerprint density at radius 1 is 1.30 bits per heavy atom. The zero-order valence-electron chi connectivity index (χ0n) is 11.9. The van der Waals surface area contributed by atoms with E-state index in [4.69, 9.17) is 0 Å². The largest absolute Gasteiger partial charge is 0.353 e. The Balaban J connectivity index is 0.00000361. The summed E-state index contributed by atoms with van der Waals surface area (Å²) in [5.74, 6) is -0.509. The number of nitrogens with one attached hydrogen (secondary N) is 1. The normalized spacial score (nSPS) is 10.6. The first-order chi connectivity index (χ1) is 9.09. The lowest BCUT2D eigenvalue weighted by atomic mass is 10.2. The highest BCUT2D eigenvalue weighted by Gasteiger charge is 1.98. The summed E-state index contributed by atoms with van der Waals surface area (Å²) in [5, 5.41) is 2.78. The Kier molecular flexibility index (Phi) is 9.68. The second-order valence-corrected chi connectivity index (χ2v) is 4.66. The van der Waals surface area contributed by atoms with Gasteiger partial charge in [0.1, 0.15) is 5.82 Å². The molecule has 0 aliphatic rings. The first kappa shape index (κ1) is 18.6. The average molecular weight is 301 g/mol. The van der Waals surface area contributed by atoms with Crippen molar-refractivity contribution in [2.75, 3.05) is 27.2 Å². The van der Waals surface area contributed by atoms with E-state index in [1.807, 2.05) is 14.1 Å². The fourth-order valence-corrected chi connectivity index (χ4v) is 1.60. The molecule has 112 valence electrons. The number of halogens is 2. The van der Waals surface area contributed by atoms with E-state index in [0.717, 1.165) is 19.4 Å². The number of rotatable bonds is 7. The van der Waals surface area contributed by atoms with Crippen LogP contribution in [-0.4, -0.2) is 38.0 Å². The number of hydrogen-bond donors (Lipinski definition) is 1. The highest BCUT2D eigenvalue weighted by atomic mass is 35.5. The number of carbonyl (C=O) groups is 1. The van der Waals surface area contributed by atoms with Gasteiger partial charge < -0.3 is 10.2 Å². The van der Waals surface area contributed by atoms with E-state index in [1.54, 1.807) is 18.2 Å². The summed E-state index contributed by atoms with van der Waals surface area (Å²) in [6.45, 7) is 1.66. The zero-order valence-corrected chi connectivity index (χ0v) is 12.8. The smallest absolute Gasteiger partial charge is 0.244 e. The molecule has 0 aliphatic carbocycles. The lowest BCUT2D eigenvalue weighted by Crippen LogP contribution is -2.23. The minimum Gasteiger partial charge on any atom is -0.353 e. The SMILES string of the molecule is CN(C)CCCCNC(=O)C=Cc1ccccc1F.Cl. The molecule has 0 saturated carbocycles. The molecule has 0 radical (unpaired) electrons. The quantitative estimate of drug-likeness (QED) is 0.620. The average Bonchev–Trinajstić information content (AvgIpc) is 2.37. The lowest BCUT2D eigenvalue weighted by Gasteiger charge is -2.08. The van der Waals surface area contributed by atoms with Crippen molar-refractivity contribution in [2.45, 2.75) is 12.8 Å². The van der Waals surface area contributed by atoms with Gasteiger partial charge in [-0.05, 0) is 45.6 Å². The summed E-state index contributed by atoms with van der Waals surface area (Å²) in [5.41, 5.74) is 0.422. The summed E-state index contributed by atoms with van der Waals surface area (Å²) < 4.78 is 13.3.